The van der Waals surface area contributed by atoms with Gasteiger partial charge < -0.3 is 25.2 Å². The van der Waals surface area contributed by atoms with Gasteiger partial charge in [-0.25, -0.2) is 9.36 Å². The molecule has 0 radical (unpaired) electrons. The number of hydrogen-bond donors (Lipinski definition) is 4. The van der Waals surface area contributed by atoms with E-state index in [1.54, 1.807) is 0 Å². The van der Waals surface area contributed by atoms with Crippen LogP contribution in [-0.2, 0) is 32.7 Å². The Morgan fingerprint density at radius 3 is 1.28 bits per heavy atom. The molecule has 1 amide bonds. The molecule has 0 rings (SSSR count). The van der Waals surface area contributed by atoms with Crippen LogP contribution in [0.2, 0.25) is 0 Å². The molecule has 0 bridgehead atoms. The van der Waals surface area contributed by atoms with Gasteiger partial charge in [-0.05, 0) is 89.9 Å². The van der Waals surface area contributed by atoms with Crippen molar-refractivity contribution in [3.63, 3.8) is 0 Å². The van der Waals surface area contributed by atoms with Gasteiger partial charge in [-0.15, -0.1) is 0 Å². The van der Waals surface area contributed by atoms with Gasteiger partial charge in [0, 0.05) is 12.8 Å². The van der Waals surface area contributed by atoms with E-state index in [1.165, 1.54) is 89.9 Å². The number of carbonyl (C=O) groups is 3. The van der Waals surface area contributed by atoms with Crippen LogP contribution in [0.1, 0.15) is 219 Å². The van der Waals surface area contributed by atoms with Gasteiger partial charge in [0.25, 0.3) is 0 Å². The van der Waals surface area contributed by atoms with Crippen LogP contribution in [0.4, 0.5) is 0 Å². The standard InChI is InChI=1S/C56H96NO10P/c1-3-5-7-9-11-13-15-17-19-21-23-25-26-28-29-31-33-35-37-39-41-43-45-47-54(59)57-53(56(61)62)51-67-68(63,64)66-50-52(58)49-65-55(60)48-46-44-42-40-38-36-34-32-30-27-24-22-20-18-16-14-12-10-8-6-4-2/h6,8,11-14,17-20,24,27,32,34,52-53,58H,3-5,7,9-10,15-16,21-23,25-26,28-31,33,35-51H2,1-2H3,(H,57,59)(H,61,62)(H,63,64)/b8-6-,13-11-,14-12-,19-17-,20-18-,27-24-,34-32-. The third-order valence-electron chi connectivity index (χ3n) is 11.2. The quantitative estimate of drug-likeness (QED) is 0.0199. The molecule has 11 nitrogen and oxygen atoms in total. The molecule has 12 heteroatoms. The van der Waals surface area contributed by atoms with Crippen molar-refractivity contribution in [3.8, 4) is 0 Å². The summed E-state index contributed by atoms with van der Waals surface area (Å²) in [6.07, 6.45) is 63.1. The molecule has 0 spiro atoms. The summed E-state index contributed by atoms with van der Waals surface area (Å²) in [4.78, 5) is 46.2. The number of ether oxygens (including phenoxy) is 1. The first-order chi connectivity index (χ1) is 33.1. The lowest BCUT2D eigenvalue weighted by molar-refractivity contribution is -0.147. The lowest BCUT2D eigenvalue weighted by Crippen LogP contribution is -2.43. The molecule has 68 heavy (non-hydrogen) atoms. The van der Waals surface area contributed by atoms with E-state index in [0.717, 1.165) is 89.9 Å². The average molecular weight is 974 g/mol. The Hall–Kier alpha value is -3.34. The highest BCUT2D eigenvalue weighted by Crippen LogP contribution is 2.43. The number of phosphoric acid groups is 1. The molecule has 390 valence electrons. The Kier molecular flexibility index (Phi) is 47.6. The monoisotopic (exact) mass is 974 g/mol. The molecule has 4 N–H and O–H groups in total. The molecule has 0 aliphatic carbocycles. The van der Waals surface area contributed by atoms with Gasteiger partial charge in [0.05, 0.1) is 13.2 Å². The molecule has 0 aliphatic rings. The van der Waals surface area contributed by atoms with Gasteiger partial charge in [0.15, 0.2) is 6.04 Å². The predicted octanol–water partition coefficient (Wildman–Crippen LogP) is 15.0. The average Bonchev–Trinajstić information content (AvgIpc) is 3.32. The Morgan fingerprint density at radius 2 is 0.853 bits per heavy atom. The van der Waals surface area contributed by atoms with E-state index in [4.69, 9.17) is 13.8 Å². The number of carbonyl (C=O) groups excluding carboxylic acids is 2. The van der Waals surface area contributed by atoms with Crippen molar-refractivity contribution in [2.45, 2.75) is 231 Å². The van der Waals surface area contributed by atoms with Crippen molar-refractivity contribution < 1.29 is 47.8 Å². The SMILES string of the molecule is CC/C=C\C/C=C\C/C=C\C/C=C\C/C=C\CCCCCCCC(=O)OCC(O)COP(=O)(O)OCC(NC(=O)CCCCCCCCCCCCCCC/C=C\C/C=C\CCCCC)C(=O)O. The molecule has 0 aromatic rings. The number of rotatable bonds is 49. The zero-order chi connectivity index (χ0) is 49.9. The number of phosphoric ester groups is 1. The summed E-state index contributed by atoms with van der Waals surface area (Å²) in [6, 6.07) is -1.55. The Morgan fingerprint density at radius 1 is 0.485 bits per heavy atom. The van der Waals surface area contributed by atoms with E-state index in [9.17, 15) is 34.1 Å². The third kappa shape index (κ3) is 49.1. The summed E-state index contributed by atoms with van der Waals surface area (Å²) >= 11 is 0. The van der Waals surface area contributed by atoms with E-state index in [0.29, 0.717) is 12.8 Å². The zero-order valence-electron chi connectivity index (χ0n) is 42.6. The van der Waals surface area contributed by atoms with Crippen molar-refractivity contribution in [1.82, 2.24) is 5.32 Å². The number of nitrogens with one attached hydrogen (secondary N) is 1. The number of aliphatic carboxylic acids is 1. The van der Waals surface area contributed by atoms with Crippen molar-refractivity contribution in [3.05, 3.63) is 85.1 Å². The van der Waals surface area contributed by atoms with E-state index in [2.05, 4.69) is 104 Å². The van der Waals surface area contributed by atoms with E-state index in [-0.39, 0.29) is 12.8 Å². The summed E-state index contributed by atoms with van der Waals surface area (Å²) in [5.74, 6) is -2.40. The lowest BCUT2D eigenvalue weighted by atomic mass is 10.0. The van der Waals surface area contributed by atoms with Crippen LogP contribution in [0, 0.1) is 0 Å². The highest BCUT2D eigenvalue weighted by molar-refractivity contribution is 7.47. The number of esters is 1. The van der Waals surface area contributed by atoms with Crippen molar-refractivity contribution in [1.29, 1.82) is 0 Å². The summed E-state index contributed by atoms with van der Waals surface area (Å²) in [5.41, 5.74) is 0. The minimum atomic E-state index is -4.77. The molecule has 0 aromatic carbocycles. The number of carboxylic acid groups (broad SMARTS) is 1. The second-order valence-corrected chi connectivity index (χ2v) is 19.1. The number of allylic oxidation sites excluding steroid dienone is 14. The second kappa shape index (κ2) is 50.1. The summed E-state index contributed by atoms with van der Waals surface area (Å²) in [7, 11) is -4.77. The van der Waals surface area contributed by atoms with Crippen LogP contribution in [0.5, 0.6) is 0 Å². The fourth-order valence-corrected chi connectivity index (χ4v) is 7.85. The first kappa shape index (κ1) is 64.7. The maximum Gasteiger partial charge on any atom is 0.472 e. The highest BCUT2D eigenvalue weighted by Gasteiger charge is 2.28. The van der Waals surface area contributed by atoms with E-state index in [1.807, 2.05) is 0 Å². The molecule has 0 aromatic heterocycles. The molecule has 0 saturated heterocycles. The maximum atomic E-state index is 12.4. The van der Waals surface area contributed by atoms with Gasteiger partial charge in [-0.3, -0.25) is 18.6 Å². The number of amides is 1. The van der Waals surface area contributed by atoms with Gasteiger partial charge in [0.1, 0.15) is 12.7 Å². The van der Waals surface area contributed by atoms with Gasteiger partial charge >= 0.3 is 19.8 Å². The van der Waals surface area contributed by atoms with Crippen molar-refractivity contribution >= 4 is 25.7 Å². The topological polar surface area (TPSA) is 169 Å². The number of aliphatic hydroxyl groups is 1. The van der Waals surface area contributed by atoms with Crippen LogP contribution in [0.25, 0.3) is 0 Å². The van der Waals surface area contributed by atoms with Crippen molar-refractivity contribution in [2.24, 2.45) is 0 Å². The molecular weight excluding hydrogens is 878 g/mol. The molecule has 0 saturated carbocycles. The highest BCUT2D eigenvalue weighted by atomic mass is 31.2. The first-order valence-corrected chi connectivity index (χ1v) is 28.1. The largest absolute Gasteiger partial charge is 0.480 e. The van der Waals surface area contributed by atoms with E-state index < -0.39 is 57.6 Å². The number of hydrogen-bond acceptors (Lipinski definition) is 8. The normalized spacial score (nSPS) is 14.2. The summed E-state index contributed by atoms with van der Waals surface area (Å²) in [6.45, 7) is 2.46. The molecule has 3 unspecified atom stereocenters. The summed E-state index contributed by atoms with van der Waals surface area (Å²) < 4.78 is 27.0. The molecule has 3 atom stereocenters. The van der Waals surface area contributed by atoms with Gasteiger partial charge in [-0.1, -0.05) is 202 Å². The smallest absolute Gasteiger partial charge is 0.472 e. The number of unbranched alkanes of at least 4 members (excludes halogenated alkanes) is 21. The molecule has 0 fully saturated rings. The minimum absolute atomic E-state index is 0.140. The van der Waals surface area contributed by atoms with Crippen LogP contribution in [0.3, 0.4) is 0 Å². The van der Waals surface area contributed by atoms with Crippen LogP contribution in [-0.4, -0.2) is 64.9 Å². The Bertz CT molecular complexity index is 1470. The van der Waals surface area contributed by atoms with Gasteiger partial charge in [0.2, 0.25) is 5.91 Å². The second-order valence-electron chi connectivity index (χ2n) is 17.7. The minimum Gasteiger partial charge on any atom is -0.480 e. The number of aliphatic hydroxyl groups excluding tert-OH is 1. The van der Waals surface area contributed by atoms with E-state index >= 15 is 0 Å². The predicted molar refractivity (Wildman–Crippen MR) is 281 cm³/mol. The lowest BCUT2D eigenvalue weighted by Gasteiger charge is -2.18. The molecular formula is C56H96NO10P. The Labute approximate surface area is 413 Å². The maximum absolute atomic E-state index is 12.4. The fraction of sp³-hybridized carbons (Fsp3) is 0.696. The Balaban J connectivity index is 3.85. The van der Waals surface area contributed by atoms with Gasteiger partial charge in [-0.2, -0.15) is 0 Å². The third-order valence-corrected chi connectivity index (χ3v) is 12.1. The molecule has 0 heterocycles. The first-order valence-electron chi connectivity index (χ1n) is 26.6. The number of carboxylic acids is 1. The summed E-state index contributed by atoms with van der Waals surface area (Å²) in [5, 5.41) is 22.0. The van der Waals surface area contributed by atoms with Crippen LogP contribution >= 0.6 is 7.82 Å². The van der Waals surface area contributed by atoms with Crippen molar-refractivity contribution in [2.75, 3.05) is 19.8 Å². The fourth-order valence-electron chi connectivity index (χ4n) is 7.08. The van der Waals surface area contributed by atoms with Crippen LogP contribution < -0.4 is 5.32 Å². The molecule has 0 aliphatic heterocycles. The van der Waals surface area contributed by atoms with Crippen LogP contribution in [0.15, 0.2) is 85.1 Å². The zero-order valence-corrected chi connectivity index (χ0v) is 43.5.